The Morgan fingerprint density at radius 3 is 2.74 bits per heavy atom. The van der Waals surface area contributed by atoms with Crippen molar-refractivity contribution in [2.45, 2.75) is 26.7 Å². The quantitative estimate of drug-likeness (QED) is 0.764. The molecule has 0 aromatic carbocycles. The Kier molecular flexibility index (Phi) is 4.49. The highest BCUT2D eigenvalue weighted by atomic mass is 32.1. The molecule has 3 aromatic rings. The monoisotopic (exact) mass is 344 g/mol. The Balaban J connectivity index is 1.80. The van der Waals surface area contributed by atoms with Gasteiger partial charge < -0.3 is 0 Å². The van der Waals surface area contributed by atoms with Crippen molar-refractivity contribution >= 4 is 33.7 Å². The van der Waals surface area contributed by atoms with Crippen LogP contribution in [0.15, 0.2) is 29.8 Å². The fourth-order valence-corrected chi connectivity index (χ4v) is 3.74. The van der Waals surface area contributed by atoms with E-state index < -0.39 is 0 Å². The Bertz CT molecular complexity index is 824. The zero-order chi connectivity index (χ0) is 16.4. The number of nitrogens with zero attached hydrogens (tertiary/aromatic N) is 3. The molecule has 1 amide bonds. The molecule has 0 fully saturated rings. The van der Waals surface area contributed by atoms with Gasteiger partial charge in [-0.05, 0) is 25.0 Å². The first kappa shape index (κ1) is 15.8. The number of aromatic nitrogens is 3. The van der Waals surface area contributed by atoms with Crippen molar-refractivity contribution in [3.05, 3.63) is 45.4 Å². The summed E-state index contributed by atoms with van der Waals surface area (Å²) < 4.78 is 0. The SMILES string of the molecule is Cc1nc(C(=O)Nc2nc(-c3ccccn3)cs2)c(C(C)C)s1. The summed E-state index contributed by atoms with van der Waals surface area (Å²) in [6.07, 6.45) is 1.72. The van der Waals surface area contributed by atoms with Crippen LogP contribution in [0.5, 0.6) is 0 Å². The van der Waals surface area contributed by atoms with E-state index in [2.05, 4.69) is 34.1 Å². The van der Waals surface area contributed by atoms with Gasteiger partial charge in [-0.15, -0.1) is 22.7 Å². The third kappa shape index (κ3) is 3.46. The number of pyridine rings is 1. The first-order chi connectivity index (χ1) is 11.0. The van der Waals surface area contributed by atoms with E-state index in [1.165, 1.54) is 11.3 Å². The number of carbonyl (C=O) groups is 1. The highest BCUT2D eigenvalue weighted by Gasteiger charge is 2.20. The summed E-state index contributed by atoms with van der Waals surface area (Å²) in [6.45, 7) is 6.04. The van der Waals surface area contributed by atoms with Crippen molar-refractivity contribution in [1.29, 1.82) is 0 Å². The van der Waals surface area contributed by atoms with Gasteiger partial charge in [0, 0.05) is 16.5 Å². The van der Waals surface area contributed by atoms with Crippen LogP contribution in [0.3, 0.4) is 0 Å². The number of hydrogen-bond acceptors (Lipinski definition) is 6. The van der Waals surface area contributed by atoms with Gasteiger partial charge in [0.2, 0.25) is 0 Å². The minimum Gasteiger partial charge on any atom is -0.296 e. The van der Waals surface area contributed by atoms with Crippen LogP contribution in [-0.4, -0.2) is 20.9 Å². The first-order valence-electron chi connectivity index (χ1n) is 7.20. The van der Waals surface area contributed by atoms with Gasteiger partial charge in [-0.1, -0.05) is 19.9 Å². The van der Waals surface area contributed by atoms with E-state index >= 15 is 0 Å². The lowest BCUT2D eigenvalue weighted by Gasteiger charge is -2.04. The van der Waals surface area contributed by atoms with Crippen molar-refractivity contribution in [3.8, 4) is 11.4 Å². The van der Waals surface area contributed by atoms with Crippen LogP contribution in [0, 0.1) is 6.92 Å². The Hall–Kier alpha value is -2.12. The van der Waals surface area contributed by atoms with E-state index in [9.17, 15) is 4.79 Å². The third-order valence-electron chi connectivity index (χ3n) is 3.15. The fraction of sp³-hybridized carbons (Fsp3) is 0.250. The molecule has 3 heterocycles. The zero-order valence-electron chi connectivity index (χ0n) is 13.0. The molecule has 0 saturated carbocycles. The van der Waals surface area contributed by atoms with E-state index in [1.807, 2.05) is 30.5 Å². The average Bonchev–Trinajstić information content (AvgIpc) is 3.15. The van der Waals surface area contributed by atoms with Crippen LogP contribution < -0.4 is 5.32 Å². The Morgan fingerprint density at radius 1 is 1.22 bits per heavy atom. The second kappa shape index (κ2) is 6.55. The molecular formula is C16H16N4OS2. The second-order valence-corrected chi connectivity index (χ2v) is 7.40. The van der Waals surface area contributed by atoms with Crippen molar-refractivity contribution in [1.82, 2.24) is 15.0 Å². The first-order valence-corrected chi connectivity index (χ1v) is 8.90. The molecule has 0 atom stereocenters. The van der Waals surface area contributed by atoms with Gasteiger partial charge in [-0.2, -0.15) is 0 Å². The zero-order valence-corrected chi connectivity index (χ0v) is 14.7. The minimum atomic E-state index is -0.208. The van der Waals surface area contributed by atoms with Gasteiger partial charge in [0.05, 0.1) is 10.7 Å². The lowest BCUT2D eigenvalue weighted by atomic mass is 10.1. The molecule has 1 N–H and O–H groups in total. The summed E-state index contributed by atoms with van der Waals surface area (Å²) in [4.78, 5) is 26.5. The predicted octanol–water partition coefficient (Wildman–Crippen LogP) is 4.35. The van der Waals surface area contributed by atoms with Crippen LogP contribution in [-0.2, 0) is 0 Å². The molecule has 0 bridgehead atoms. The van der Waals surface area contributed by atoms with Crippen molar-refractivity contribution < 1.29 is 4.79 Å². The normalized spacial score (nSPS) is 11.0. The minimum absolute atomic E-state index is 0.208. The van der Waals surface area contributed by atoms with Crippen LogP contribution in [0.1, 0.15) is 40.1 Å². The maximum atomic E-state index is 12.5. The number of carbonyl (C=O) groups excluding carboxylic acids is 1. The second-order valence-electron chi connectivity index (χ2n) is 5.31. The number of hydrogen-bond donors (Lipinski definition) is 1. The summed E-state index contributed by atoms with van der Waals surface area (Å²) in [7, 11) is 0. The standard InChI is InChI=1S/C16H16N4OS2/c1-9(2)14-13(18-10(3)23-14)15(21)20-16-19-12(8-22-16)11-6-4-5-7-17-11/h4-9H,1-3H3,(H,19,20,21). The highest BCUT2D eigenvalue weighted by molar-refractivity contribution is 7.14. The Morgan fingerprint density at radius 2 is 2.04 bits per heavy atom. The molecule has 118 valence electrons. The molecule has 5 nitrogen and oxygen atoms in total. The number of rotatable bonds is 4. The molecule has 0 spiro atoms. The van der Waals surface area contributed by atoms with Gasteiger partial charge >= 0.3 is 0 Å². The topological polar surface area (TPSA) is 67.8 Å². The number of anilines is 1. The smallest absolute Gasteiger partial charge is 0.277 e. The van der Waals surface area contributed by atoms with Crippen LogP contribution in [0.25, 0.3) is 11.4 Å². The molecule has 0 aliphatic carbocycles. The van der Waals surface area contributed by atoms with Gasteiger partial charge in [0.25, 0.3) is 5.91 Å². The van der Waals surface area contributed by atoms with Crippen LogP contribution in [0.2, 0.25) is 0 Å². The van der Waals surface area contributed by atoms with Gasteiger partial charge in [0.1, 0.15) is 11.4 Å². The molecule has 3 rings (SSSR count). The largest absolute Gasteiger partial charge is 0.296 e. The molecule has 0 aliphatic rings. The number of thiazole rings is 2. The lowest BCUT2D eigenvalue weighted by molar-refractivity contribution is 0.102. The molecular weight excluding hydrogens is 328 g/mol. The molecule has 0 saturated heterocycles. The van der Waals surface area contributed by atoms with E-state index in [-0.39, 0.29) is 11.8 Å². The number of nitrogens with one attached hydrogen (secondary N) is 1. The van der Waals surface area contributed by atoms with Gasteiger partial charge in [0.15, 0.2) is 5.13 Å². The van der Waals surface area contributed by atoms with E-state index in [4.69, 9.17) is 0 Å². The summed E-state index contributed by atoms with van der Waals surface area (Å²) in [5.41, 5.74) is 2.04. The maximum Gasteiger partial charge on any atom is 0.277 e. The summed E-state index contributed by atoms with van der Waals surface area (Å²) in [6, 6.07) is 5.66. The molecule has 0 aliphatic heterocycles. The van der Waals surface area contributed by atoms with Crippen LogP contribution >= 0.6 is 22.7 Å². The fourth-order valence-electron chi connectivity index (χ4n) is 2.12. The maximum absolute atomic E-state index is 12.5. The molecule has 7 heteroatoms. The van der Waals surface area contributed by atoms with Gasteiger partial charge in [-0.3, -0.25) is 15.1 Å². The Labute approximate surface area is 142 Å². The van der Waals surface area contributed by atoms with Crippen molar-refractivity contribution in [2.24, 2.45) is 0 Å². The van der Waals surface area contributed by atoms with Crippen LogP contribution in [0.4, 0.5) is 5.13 Å². The summed E-state index contributed by atoms with van der Waals surface area (Å²) in [5, 5.41) is 6.17. The average molecular weight is 344 g/mol. The third-order valence-corrected chi connectivity index (χ3v) is 5.18. The number of aryl methyl sites for hydroxylation is 1. The molecule has 0 unspecified atom stereocenters. The molecule has 0 radical (unpaired) electrons. The molecule has 23 heavy (non-hydrogen) atoms. The predicted molar refractivity (Wildman–Crippen MR) is 94.2 cm³/mol. The van der Waals surface area contributed by atoms with Gasteiger partial charge in [-0.25, -0.2) is 9.97 Å². The molecule has 3 aromatic heterocycles. The van der Waals surface area contributed by atoms with Crippen molar-refractivity contribution in [2.75, 3.05) is 5.32 Å². The van der Waals surface area contributed by atoms with E-state index in [0.29, 0.717) is 10.8 Å². The number of amides is 1. The summed E-state index contributed by atoms with van der Waals surface area (Å²) >= 11 is 2.95. The van der Waals surface area contributed by atoms with E-state index in [0.717, 1.165) is 21.3 Å². The highest BCUT2D eigenvalue weighted by Crippen LogP contribution is 2.28. The lowest BCUT2D eigenvalue weighted by Crippen LogP contribution is -2.14. The van der Waals surface area contributed by atoms with Crippen molar-refractivity contribution in [3.63, 3.8) is 0 Å². The van der Waals surface area contributed by atoms with E-state index in [1.54, 1.807) is 17.5 Å². The summed E-state index contributed by atoms with van der Waals surface area (Å²) in [5.74, 6) is 0.0577.